The summed E-state index contributed by atoms with van der Waals surface area (Å²) >= 11 is 0. The first-order chi connectivity index (χ1) is 5.59. The zero-order valence-corrected chi connectivity index (χ0v) is 7.89. The van der Waals surface area contributed by atoms with Crippen LogP contribution in [0.25, 0.3) is 0 Å². The Balaban J connectivity index is 2.42. The maximum atomic E-state index is 10.8. The summed E-state index contributed by atoms with van der Waals surface area (Å²) in [6.07, 6.45) is 4.72. The van der Waals surface area contributed by atoms with Gasteiger partial charge in [-0.3, -0.25) is 4.79 Å². The standard InChI is InChI=1S/C9H18N2O/c1-3-9(5-4-6-9)11-7(2)8(10)12/h7,11H,3-6H2,1-2H3,(H2,10,12). The Labute approximate surface area is 73.7 Å². The van der Waals surface area contributed by atoms with Gasteiger partial charge in [0.05, 0.1) is 6.04 Å². The molecule has 1 aliphatic carbocycles. The van der Waals surface area contributed by atoms with Gasteiger partial charge in [-0.1, -0.05) is 6.92 Å². The molecule has 1 saturated carbocycles. The highest BCUT2D eigenvalue weighted by Gasteiger charge is 2.36. The third-order valence-electron chi connectivity index (χ3n) is 2.94. The minimum atomic E-state index is -0.255. The molecule has 1 unspecified atom stereocenters. The summed E-state index contributed by atoms with van der Waals surface area (Å²) in [6.45, 7) is 3.98. The highest BCUT2D eigenvalue weighted by Crippen LogP contribution is 2.34. The quantitative estimate of drug-likeness (QED) is 0.655. The summed E-state index contributed by atoms with van der Waals surface area (Å²) in [5.74, 6) is -0.255. The van der Waals surface area contributed by atoms with Gasteiger partial charge < -0.3 is 11.1 Å². The zero-order valence-electron chi connectivity index (χ0n) is 7.89. The van der Waals surface area contributed by atoms with Gasteiger partial charge in [-0.25, -0.2) is 0 Å². The molecular weight excluding hydrogens is 152 g/mol. The van der Waals surface area contributed by atoms with Crippen LogP contribution >= 0.6 is 0 Å². The molecule has 1 aliphatic rings. The summed E-state index contributed by atoms with van der Waals surface area (Å²) < 4.78 is 0. The highest BCUT2D eigenvalue weighted by molar-refractivity contribution is 5.79. The Morgan fingerprint density at radius 1 is 1.67 bits per heavy atom. The fraction of sp³-hybridized carbons (Fsp3) is 0.889. The molecule has 70 valence electrons. The van der Waals surface area contributed by atoms with Gasteiger partial charge >= 0.3 is 0 Å². The summed E-state index contributed by atoms with van der Waals surface area (Å²) in [7, 11) is 0. The van der Waals surface area contributed by atoms with Gasteiger partial charge in [-0.15, -0.1) is 0 Å². The van der Waals surface area contributed by atoms with E-state index in [4.69, 9.17) is 5.73 Å². The van der Waals surface area contributed by atoms with E-state index in [1.165, 1.54) is 19.3 Å². The van der Waals surface area contributed by atoms with E-state index in [1.807, 2.05) is 6.92 Å². The Bertz CT molecular complexity index is 170. The smallest absolute Gasteiger partial charge is 0.234 e. The number of nitrogens with two attached hydrogens (primary N) is 1. The third kappa shape index (κ3) is 1.78. The second kappa shape index (κ2) is 3.44. The van der Waals surface area contributed by atoms with E-state index in [0.29, 0.717) is 0 Å². The second-order valence-electron chi connectivity index (χ2n) is 3.76. The topological polar surface area (TPSA) is 55.1 Å². The average molecular weight is 170 g/mol. The summed E-state index contributed by atoms with van der Waals surface area (Å²) in [5, 5.41) is 3.30. The first-order valence-electron chi connectivity index (χ1n) is 4.67. The molecule has 1 amide bonds. The molecule has 1 atom stereocenters. The average Bonchev–Trinajstić information content (AvgIpc) is 1.96. The van der Waals surface area contributed by atoms with E-state index in [9.17, 15) is 4.79 Å². The van der Waals surface area contributed by atoms with E-state index in [-0.39, 0.29) is 17.5 Å². The molecule has 1 fully saturated rings. The molecule has 1 rings (SSSR count). The van der Waals surface area contributed by atoms with Crippen LogP contribution in [0.1, 0.15) is 39.5 Å². The van der Waals surface area contributed by atoms with Crippen LogP contribution in [-0.4, -0.2) is 17.5 Å². The van der Waals surface area contributed by atoms with Crippen molar-refractivity contribution in [2.45, 2.75) is 51.1 Å². The summed E-state index contributed by atoms with van der Waals surface area (Å²) in [4.78, 5) is 10.8. The molecule has 0 aromatic carbocycles. The Kier molecular flexibility index (Phi) is 2.73. The Morgan fingerprint density at radius 2 is 2.25 bits per heavy atom. The number of nitrogens with one attached hydrogen (secondary N) is 1. The molecule has 0 heterocycles. The van der Waals surface area contributed by atoms with Crippen molar-refractivity contribution >= 4 is 5.91 Å². The van der Waals surface area contributed by atoms with Crippen molar-refractivity contribution in [1.29, 1.82) is 0 Å². The number of amides is 1. The molecular formula is C9H18N2O. The predicted octanol–water partition coefficient (Wildman–Crippen LogP) is 0.782. The van der Waals surface area contributed by atoms with Crippen molar-refractivity contribution < 1.29 is 4.79 Å². The SMILES string of the molecule is CCC1(NC(C)C(N)=O)CCC1. The lowest BCUT2D eigenvalue weighted by molar-refractivity contribution is -0.120. The van der Waals surface area contributed by atoms with Crippen LogP contribution in [-0.2, 0) is 4.79 Å². The normalized spacial score (nSPS) is 22.8. The van der Waals surface area contributed by atoms with Crippen LogP contribution < -0.4 is 11.1 Å². The first-order valence-corrected chi connectivity index (χ1v) is 4.67. The van der Waals surface area contributed by atoms with Gasteiger partial charge in [0.25, 0.3) is 0 Å². The maximum Gasteiger partial charge on any atom is 0.234 e. The molecule has 12 heavy (non-hydrogen) atoms. The molecule has 0 aliphatic heterocycles. The lowest BCUT2D eigenvalue weighted by Gasteiger charge is -2.43. The van der Waals surface area contributed by atoms with Gasteiger partial charge in [0.2, 0.25) is 5.91 Å². The van der Waals surface area contributed by atoms with Crippen LogP contribution in [0.15, 0.2) is 0 Å². The summed E-state index contributed by atoms with van der Waals surface area (Å²) in [6, 6.07) is -0.190. The van der Waals surface area contributed by atoms with E-state index < -0.39 is 0 Å². The fourth-order valence-electron chi connectivity index (χ4n) is 1.73. The van der Waals surface area contributed by atoms with Crippen molar-refractivity contribution in [3.63, 3.8) is 0 Å². The molecule has 0 saturated heterocycles. The van der Waals surface area contributed by atoms with Gasteiger partial charge in [0.1, 0.15) is 0 Å². The van der Waals surface area contributed by atoms with Gasteiger partial charge in [-0.05, 0) is 32.6 Å². The van der Waals surface area contributed by atoms with Crippen molar-refractivity contribution in [3.05, 3.63) is 0 Å². The van der Waals surface area contributed by atoms with Crippen LogP contribution in [0.5, 0.6) is 0 Å². The Hall–Kier alpha value is -0.570. The van der Waals surface area contributed by atoms with Crippen LogP contribution in [0.4, 0.5) is 0 Å². The number of primary amides is 1. The van der Waals surface area contributed by atoms with Crippen molar-refractivity contribution in [2.75, 3.05) is 0 Å². The largest absolute Gasteiger partial charge is 0.368 e. The van der Waals surface area contributed by atoms with Crippen LogP contribution in [0.3, 0.4) is 0 Å². The van der Waals surface area contributed by atoms with E-state index in [2.05, 4.69) is 12.2 Å². The number of carbonyl (C=O) groups is 1. The molecule has 0 spiro atoms. The minimum Gasteiger partial charge on any atom is -0.368 e. The molecule has 0 aromatic heterocycles. The molecule has 3 heteroatoms. The van der Waals surface area contributed by atoms with E-state index in [1.54, 1.807) is 0 Å². The van der Waals surface area contributed by atoms with Crippen molar-refractivity contribution in [3.8, 4) is 0 Å². The zero-order chi connectivity index (χ0) is 9.19. The lowest BCUT2D eigenvalue weighted by Crippen LogP contribution is -2.57. The highest BCUT2D eigenvalue weighted by atomic mass is 16.1. The van der Waals surface area contributed by atoms with Crippen LogP contribution in [0, 0.1) is 0 Å². The van der Waals surface area contributed by atoms with Crippen molar-refractivity contribution in [1.82, 2.24) is 5.32 Å². The second-order valence-corrected chi connectivity index (χ2v) is 3.76. The number of hydrogen-bond donors (Lipinski definition) is 2. The van der Waals surface area contributed by atoms with Gasteiger partial charge in [0, 0.05) is 5.54 Å². The van der Waals surface area contributed by atoms with Crippen LogP contribution in [0.2, 0.25) is 0 Å². The van der Waals surface area contributed by atoms with Gasteiger partial charge in [-0.2, -0.15) is 0 Å². The first kappa shape index (κ1) is 9.52. The maximum absolute atomic E-state index is 10.8. The number of carbonyl (C=O) groups excluding carboxylic acids is 1. The third-order valence-corrected chi connectivity index (χ3v) is 2.94. The Morgan fingerprint density at radius 3 is 2.50 bits per heavy atom. The van der Waals surface area contributed by atoms with E-state index >= 15 is 0 Å². The molecule has 3 N–H and O–H groups in total. The fourth-order valence-corrected chi connectivity index (χ4v) is 1.73. The van der Waals surface area contributed by atoms with Gasteiger partial charge in [0.15, 0.2) is 0 Å². The predicted molar refractivity (Wildman–Crippen MR) is 48.7 cm³/mol. The minimum absolute atomic E-state index is 0.190. The molecule has 0 bridgehead atoms. The number of hydrogen-bond acceptors (Lipinski definition) is 2. The van der Waals surface area contributed by atoms with Crippen molar-refractivity contribution in [2.24, 2.45) is 5.73 Å². The monoisotopic (exact) mass is 170 g/mol. The summed E-state index contributed by atoms with van der Waals surface area (Å²) in [5.41, 5.74) is 5.39. The molecule has 0 radical (unpaired) electrons. The molecule has 3 nitrogen and oxygen atoms in total. The number of rotatable bonds is 4. The van der Waals surface area contributed by atoms with E-state index in [0.717, 1.165) is 6.42 Å². The molecule has 0 aromatic rings. The lowest BCUT2D eigenvalue weighted by atomic mass is 9.74.